The first-order chi connectivity index (χ1) is 11.8. The molecule has 0 spiro atoms. The molecule has 2 fully saturated rings. The molecule has 0 aromatic carbocycles. The van der Waals surface area contributed by atoms with E-state index in [2.05, 4.69) is 10.6 Å². The highest BCUT2D eigenvalue weighted by atomic mass is 19.4. The third kappa shape index (κ3) is 7.77. The smallest absolute Gasteiger partial charge is 0.389 e. The number of aliphatic hydroxyl groups excluding tert-OH is 2. The largest absolute Gasteiger partial charge is 0.394 e. The van der Waals surface area contributed by atoms with Crippen molar-refractivity contribution in [3.63, 3.8) is 0 Å². The topological polar surface area (TPSA) is 98.7 Å². The summed E-state index contributed by atoms with van der Waals surface area (Å²) in [5.41, 5.74) is 0. The molecule has 0 aromatic rings. The van der Waals surface area contributed by atoms with Gasteiger partial charge < -0.3 is 20.8 Å². The number of hydrogen-bond donors (Lipinski definition) is 4. The van der Waals surface area contributed by atoms with Crippen molar-refractivity contribution < 1.29 is 46.1 Å². The van der Waals surface area contributed by atoms with Crippen LogP contribution >= 0.6 is 0 Å². The third-order valence-electron chi connectivity index (χ3n) is 3.97. The lowest BCUT2D eigenvalue weighted by atomic mass is 10.0. The minimum atomic E-state index is -4.31. The highest BCUT2D eigenvalue weighted by Gasteiger charge is 2.41. The van der Waals surface area contributed by atoms with Gasteiger partial charge in [0.15, 0.2) is 0 Å². The van der Waals surface area contributed by atoms with Gasteiger partial charge in [-0.05, 0) is 12.8 Å². The molecule has 152 valence electrons. The molecule has 0 aromatic heterocycles. The van der Waals surface area contributed by atoms with Gasteiger partial charge in [0.2, 0.25) is 11.8 Å². The fourth-order valence-electron chi connectivity index (χ4n) is 2.81. The van der Waals surface area contributed by atoms with Crippen LogP contribution in [0.15, 0.2) is 0 Å². The predicted molar refractivity (Wildman–Crippen MR) is 75.6 cm³/mol. The summed E-state index contributed by atoms with van der Waals surface area (Å²) in [7, 11) is 0. The fourth-order valence-corrected chi connectivity index (χ4v) is 2.81. The second-order valence-corrected chi connectivity index (χ2v) is 6.28. The lowest BCUT2D eigenvalue weighted by Gasteiger charge is -2.09. The quantitative estimate of drug-likeness (QED) is 0.532. The average Bonchev–Trinajstić information content (AvgIpc) is 3.00. The molecule has 0 unspecified atom stereocenters. The van der Waals surface area contributed by atoms with E-state index in [0.717, 1.165) is 0 Å². The van der Waals surface area contributed by atoms with Gasteiger partial charge in [0.1, 0.15) is 0 Å². The van der Waals surface area contributed by atoms with E-state index >= 15 is 0 Å². The van der Waals surface area contributed by atoms with Gasteiger partial charge in [-0.1, -0.05) is 0 Å². The Labute approximate surface area is 144 Å². The SMILES string of the molecule is O=C1N[C@H](CO)C[C@@H]1CC(F)(F)F.O=C1N[C@H](CO)C[C@H]1CC(F)(F)F. The summed E-state index contributed by atoms with van der Waals surface area (Å²) in [5.74, 6) is -3.29. The Kier molecular flexibility index (Phi) is 7.69. The lowest BCUT2D eigenvalue weighted by Crippen LogP contribution is -2.29. The Morgan fingerprint density at radius 1 is 0.769 bits per heavy atom. The van der Waals surface area contributed by atoms with Crippen LogP contribution in [0.3, 0.4) is 0 Å². The molecule has 2 aliphatic heterocycles. The minimum absolute atomic E-state index is 0.0643. The van der Waals surface area contributed by atoms with E-state index in [9.17, 15) is 35.9 Å². The number of carbonyl (C=O) groups excluding carboxylic acids is 2. The van der Waals surface area contributed by atoms with E-state index in [1.807, 2.05) is 0 Å². The molecule has 2 amide bonds. The van der Waals surface area contributed by atoms with Crippen LogP contribution in [0.5, 0.6) is 0 Å². The zero-order chi connectivity index (χ0) is 20.1. The number of nitrogens with one attached hydrogen (secondary N) is 2. The molecule has 0 saturated carbocycles. The maximum Gasteiger partial charge on any atom is 0.389 e. The number of rotatable bonds is 4. The molecule has 0 bridgehead atoms. The normalized spacial score (nSPS) is 29.1. The summed E-state index contributed by atoms with van der Waals surface area (Å²) in [6.07, 6.45) is -10.7. The summed E-state index contributed by atoms with van der Waals surface area (Å²) in [6.45, 7) is -0.611. The van der Waals surface area contributed by atoms with Crippen LogP contribution in [-0.2, 0) is 9.59 Å². The molecule has 0 radical (unpaired) electrons. The molecule has 2 aliphatic rings. The second-order valence-electron chi connectivity index (χ2n) is 6.28. The number of carbonyl (C=O) groups is 2. The van der Waals surface area contributed by atoms with Crippen LogP contribution in [0.4, 0.5) is 26.3 Å². The lowest BCUT2D eigenvalue weighted by molar-refractivity contribution is -0.151. The zero-order valence-corrected chi connectivity index (χ0v) is 13.5. The molecule has 26 heavy (non-hydrogen) atoms. The number of amides is 2. The number of halogens is 6. The van der Waals surface area contributed by atoms with Crippen LogP contribution in [-0.4, -0.2) is 59.7 Å². The highest BCUT2D eigenvalue weighted by molar-refractivity contribution is 5.81. The standard InChI is InChI=1S/2C7H10F3NO2/c2*8-7(9,10)2-4-1-5(3-12)11-6(4)13/h2*4-5,12H,1-3H2,(H,11,13)/t4-,5+;4-,5-/m10/s1. The van der Waals surface area contributed by atoms with Gasteiger partial charge in [-0.25, -0.2) is 0 Å². The van der Waals surface area contributed by atoms with Gasteiger partial charge in [-0.2, -0.15) is 26.3 Å². The molecule has 12 heteroatoms. The van der Waals surface area contributed by atoms with Gasteiger partial charge in [0, 0.05) is 11.8 Å². The summed E-state index contributed by atoms with van der Waals surface area (Å²) < 4.78 is 71.2. The maximum absolute atomic E-state index is 11.9. The summed E-state index contributed by atoms with van der Waals surface area (Å²) in [4.78, 5) is 21.8. The van der Waals surface area contributed by atoms with Crippen molar-refractivity contribution in [3.05, 3.63) is 0 Å². The third-order valence-corrected chi connectivity index (χ3v) is 3.97. The Morgan fingerprint density at radius 3 is 1.27 bits per heavy atom. The van der Waals surface area contributed by atoms with Gasteiger partial charge in [0.05, 0.1) is 38.1 Å². The van der Waals surface area contributed by atoms with Gasteiger partial charge >= 0.3 is 12.4 Å². The van der Waals surface area contributed by atoms with Crippen molar-refractivity contribution >= 4 is 11.8 Å². The fraction of sp³-hybridized carbons (Fsp3) is 0.857. The van der Waals surface area contributed by atoms with Crippen LogP contribution in [0, 0.1) is 11.8 Å². The van der Waals surface area contributed by atoms with Crippen LogP contribution in [0.25, 0.3) is 0 Å². The van der Waals surface area contributed by atoms with E-state index < -0.39 is 60.9 Å². The monoisotopic (exact) mass is 394 g/mol. The first-order valence-corrected chi connectivity index (χ1v) is 7.80. The summed E-state index contributed by atoms with van der Waals surface area (Å²) in [5, 5.41) is 21.8. The van der Waals surface area contributed by atoms with Crippen LogP contribution < -0.4 is 10.6 Å². The van der Waals surface area contributed by atoms with Crippen molar-refractivity contribution in [2.24, 2.45) is 11.8 Å². The molecule has 6 nitrogen and oxygen atoms in total. The van der Waals surface area contributed by atoms with Crippen molar-refractivity contribution in [1.29, 1.82) is 0 Å². The summed E-state index contributed by atoms with van der Waals surface area (Å²) >= 11 is 0. The van der Waals surface area contributed by atoms with Crippen molar-refractivity contribution in [1.82, 2.24) is 10.6 Å². The van der Waals surface area contributed by atoms with E-state index in [0.29, 0.717) is 0 Å². The number of hydrogen-bond acceptors (Lipinski definition) is 4. The number of alkyl halides is 6. The molecule has 2 rings (SSSR count). The highest BCUT2D eigenvalue weighted by Crippen LogP contribution is 2.30. The first-order valence-electron chi connectivity index (χ1n) is 7.80. The molecule has 2 heterocycles. The molecule has 0 aliphatic carbocycles. The Bertz CT molecular complexity index is 453. The molecule has 4 atom stereocenters. The van der Waals surface area contributed by atoms with E-state index in [1.165, 1.54) is 0 Å². The predicted octanol–water partition coefficient (Wildman–Crippen LogP) is 0.872. The minimum Gasteiger partial charge on any atom is -0.394 e. The molecular formula is C14H20F6N2O4. The van der Waals surface area contributed by atoms with E-state index in [1.54, 1.807) is 0 Å². The Morgan fingerprint density at radius 2 is 1.08 bits per heavy atom. The zero-order valence-electron chi connectivity index (χ0n) is 13.5. The molecular weight excluding hydrogens is 374 g/mol. The molecule has 2 saturated heterocycles. The average molecular weight is 394 g/mol. The van der Waals surface area contributed by atoms with Crippen molar-refractivity contribution in [2.75, 3.05) is 13.2 Å². The van der Waals surface area contributed by atoms with E-state index in [4.69, 9.17) is 10.2 Å². The van der Waals surface area contributed by atoms with Crippen molar-refractivity contribution in [2.45, 2.75) is 50.1 Å². The van der Waals surface area contributed by atoms with E-state index in [-0.39, 0.29) is 26.1 Å². The Balaban J connectivity index is 0.000000260. The van der Waals surface area contributed by atoms with Crippen molar-refractivity contribution in [3.8, 4) is 0 Å². The van der Waals surface area contributed by atoms with Gasteiger partial charge in [-0.15, -0.1) is 0 Å². The van der Waals surface area contributed by atoms with Crippen LogP contribution in [0.1, 0.15) is 25.7 Å². The first kappa shape index (κ1) is 22.5. The number of aliphatic hydroxyl groups is 2. The summed E-state index contributed by atoms with van der Waals surface area (Å²) in [6, 6.07) is -1.03. The Hall–Kier alpha value is -1.56. The maximum atomic E-state index is 11.9. The molecule has 4 N–H and O–H groups in total. The van der Waals surface area contributed by atoms with Crippen LogP contribution in [0.2, 0.25) is 0 Å². The van der Waals surface area contributed by atoms with Gasteiger partial charge in [-0.3, -0.25) is 9.59 Å². The van der Waals surface area contributed by atoms with Gasteiger partial charge in [0.25, 0.3) is 0 Å². The second kappa shape index (κ2) is 8.89.